The minimum atomic E-state index is -3.33. The number of carbonyl (C=O) groups excluding carboxylic acids is 2. The van der Waals surface area contributed by atoms with Crippen LogP contribution < -0.4 is 10.8 Å². The highest BCUT2D eigenvalue weighted by atomic mass is 19.3. The van der Waals surface area contributed by atoms with Crippen LogP contribution in [0.3, 0.4) is 0 Å². The largest absolute Gasteiger partial charge is 0.381 e. The maximum absolute atomic E-state index is 13.0. The highest BCUT2D eigenvalue weighted by molar-refractivity contribution is 5.97. The van der Waals surface area contributed by atoms with E-state index in [1.165, 1.54) is 12.1 Å². The molecule has 0 aliphatic rings. The Labute approximate surface area is 150 Å². The van der Waals surface area contributed by atoms with Gasteiger partial charge >= 0.3 is 0 Å². The minimum absolute atomic E-state index is 0.0760. The number of hydrogen-bond acceptors (Lipinski definition) is 4. The Bertz CT molecular complexity index is 713. The number of nitrogens with one attached hydrogen (secondary N) is 2. The van der Waals surface area contributed by atoms with Crippen LogP contribution in [0.25, 0.3) is 0 Å². The molecule has 4 N–H and O–H groups in total. The summed E-state index contributed by atoms with van der Waals surface area (Å²) in [5.41, 5.74) is -1.18. The van der Waals surface area contributed by atoms with Gasteiger partial charge in [0, 0.05) is 16.5 Å². The van der Waals surface area contributed by atoms with E-state index in [1.807, 2.05) is 26.1 Å². The van der Waals surface area contributed by atoms with Crippen LogP contribution in [-0.4, -0.2) is 40.2 Å². The molecule has 0 saturated heterocycles. The molecular formula is C18H22F2N2O4. The van der Waals surface area contributed by atoms with Crippen LogP contribution in [0.2, 0.25) is 0 Å². The van der Waals surface area contributed by atoms with Gasteiger partial charge in [-0.3, -0.25) is 14.8 Å². The first-order valence-corrected chi connectivity index (χ1v) is 7.77. The lowest BCUT2D eigenvalue weighted by Crippen LogP contribution is -2.61. The Hall–Kier alpha value is -2.50. The van der Waals surface area contributed by atoms with Crippen molar-refractivity contribution >= 4 is 11.8 Å². The van der Waals surface area contributed by atoms with Crippen LogP contribution >= 0.6 is 0 Å². The maximum Gasteiger partial charge on any atom is 0.269 e. The lowest BCUT2D eigenvalue weighted by Gasteiger charge is -2.30. The zero-order chi connectivity index (χ0) is 20.1. The Kier molecular flexibility index (Phi) is 6.84. The topological polar surface area (TPSA) is 98.7 Å². The number of halogens is 2. The number of carbonyl (C=O) groups is 2. The lowest BCUT2D eigenvalue weighted by atomic mass is 9.95. The van der Waals surface area contributed by atoms with Gasteiger partial charge in [-0.05, 0) is 52.0 Å². The molecule has 1 rings (SSSR count). The molecule has 6 nitrogen and oxygen atoms in total. The Balaban J connectivity index is 3.00. The molecule has 0 spiro atoms. The SMILES string of the molecule is CC(C)(C)C#Cc1ccc(C(=O)N[C@H](C(=O)NO)C(C)(O)C(F)F)cc1. The number of hydrogen-bond donors (Lipinski definition) is 4. The third kappa shape index (κ3) is 5.79. The number of benzene rings is 1. The molecule has 8 heteroatoms. The standard InChI is InChI=1S/C18H22F2N2O4/c1-17(2,3)10-9-11-5-7-12(8-6-11)14(23)21-13(15(24)22-26)18(4,25)16(19)20/h5-8,13,16,25-26H,1-4H3,(H,21,23)(H,22,24)/t13-,18?/m1/s1. The smallest absolute Gasteiger partial charge is 0.269 e. The molecule has 0 heterocycles. The van der Waals surface area contributed by atoms with Crippen LogP contribution in [0.1, 0.15) is 43.6 Å². The van der Waals surface area contributed by atoms with Crippen molar-refractivity contribution in [2.24, 2.45) is 5.41 Å². The summed E-state index contributed by atoms with van der Waals surface area (Å²) < 4.78 is 25.9. The number of aliphatic hydroxyl groups is 1. The summed E-state index contributed by atoms with van der Waals surface area (Å²) in [6, 6.07) is 3.90. The van der Waals surface area contributed by atoms with Gasteiger partial charge in [0.15, 0.2) is 5.60 Å². The molecule has 2 atom stereocenters. The molecule has 1 aromatic rings. The predicted octanol–water partition coefficient (Wildman–Crippen LogP) is 1.70. The number of rotatable bonds is 5. The molecule has 0 aliphatic heterocycles. The van der Waals surface area contributed by atoms with E-state index in [0.717, 1.165) is 5.48 Å². The summed E-state index contributed by atoms with van der Waals surface area (Å²) in [4.78, 5) is 23.8. The van der Waals surface area contributed by atoms with Crippen molar-refractivity contribution in [3.63, 3.8) is 0 Å². The first kappa shape index (κ1) is 21.5. The first-order chi connectivity index (χ1) is 11.9. The normalized spacial score (nSPS) is 14.7. The second kappa shape index (κ2) is 8.25. The van der Waals surface area contributed by atoms with E-state index < -0.39 is 29.9 Å². The van der Waals surface area contributed by atoms with E-state index in [2.05, 4.69) is 11.8 Å². The molecule has 1 unspecified atom stereocenters. The van der Waals surface area contributed by atoms with Gasteiger partial charge in [0.1, 0.15) is 6.04 Å². The number of alkyl halides is 2. The van der Waals surface area contributed by atoms with Gasteiger partial charge in [0.2, 0.25) is 0 Å². The second-order valence-corrected chi connectivity index (χ2v) is 6.99. The first-order valence-electron chi connectivity index (χ1n) is 7.77. The van der Waals surface area contributed by atoms with Gasteiger partial charge in [0.05, 0.1) is 0 Å². The minimum Gasteiger partial charge on any atom is -0.381 e. The average Bonchev–Trinajstić information content (AvgIpc) is 2.56. The Morgan fingerprint density at radius 3 is 2.08 bits per heavy atom. The van der Waals surface area contributed by atoms with Gasteiger partial charge in [-0.2, -0.15) is 0 Å². The summed E-state index contributed by atoms with van der Waals surface area (Å²) in [7, 11) is 0. The van der Waals surface area contributed by atoms with E-state index >= 15 is 0 Å². The van der Waals surface area contributed by atoms with E-state index in [-0.39, 0.29) is 11.0 Å². The summed E-state index contributed by atoms with van der Waals surface area (Å²) in [5.74, 6) is 3.74. The quantitative estimate of drug-likeness (QED) is 0.361. The van der Waals surface area contributed by atoms with Gasteiger partial charge in [0.25, 0.3) is 18.2 Å². The third-order valence-corrected chi connectivity index (χ3v) is 3.40. The molecule has 0 aliphatic carbocycles. The third-order valence-electron chi connectivity index (χ3n) is 3.40. The number of amides is 2. The molecule has 142 valence electrons. The molecule has 0 fully saturated rings. The average molecular weight is 368 g/mol. The van der Waals surface area contributed by atoms with Crippen LogP contribution in [0.15, 0.2) is 24.3 Å². The van der Waals surface area contributed by atoms with Gasteiger partial charge in [-0.1, -0.05) is 11.8 Å². The van der Waals surface area contributed by atoms with Crippen molar-refractivity contribution in [2.75, 3.05) is 0 Å². The maximum atomic E-state index is 13.0. The molecule has 1 aromatic carbocycles. The monoisotopic (exact) mass is 368 g/mol. The van der Waals surface area contributed by atoms with Crippen molar-refractivity contribution in [3.05, 3.63) is 35.4 Å². The molecule has 2 amide bonds. The van der Waals surface area contributed by atoms with Gasteiger partial charge in [-0.15, -0.1) is 0 Å². The van der Waals surface area contributed by atoms with E-state index in [0.29, 0.717) is 12.5 Å². The molecule has 0 aromatic heterocycles. The molecule has 0 bridgehead atoms. The number of hydroxylamine groups is 1. The van der Waals surface area contributed by atoms with E-state index in [1.54, 1.807) is 12.1 Å². The van der Waals surface area contributed by atoms with Gasteiger partial charge in [-0.25, -0.2) is 14.3 Å². The molecular weight excluding hydrogens is 346 g/mol. The summed E-state index contributed by atoms with van der Waals surface area (Å²) in [6.07, 6.45) is -3.33. The van der Waals surface area contributed by atoms with E-state index in [9.17, 15) is 23.5 Å². The fraction of sp³-hybridized carbons (Fsp3) is 0.444. The fourth-order valence-corrected chi connectivity index (χ4v) is 1.85. The van der Waals surface area contributed by atoms with Crippen LogP contribution in [0.4, 0.5) is 8.78 Å². The fourth-order valence-electron chi connectivity index (χ4n) is 1.85. The second-order valence-electron chi connectivity index (χ2n) is 6.99. The molecule has 0 radical (unpaired) electrons. The predicted molar refractivity (Wildman–Crippen MR) is 90.6 cm³/mol. The van der Waals surface area contributed by atoms with Crippen molar-refractivity contribution in [2.45, 2.75) is 45.8 Å². The summed E-state index contributed by atoms with van der Waals surface area (Å²) in [6.45, 7) is 6.53. The van der Waals surface area contributed by atoms with Crippen LogP contribution in [0, 0.1) is 17.3 Å². The van der Waals surface area contributed by atoms with E-state index in [4.69, 9.17) is 5.21 Å². The molecule has 26 heavy (non-hydrogen) atoms. The van der Waals surface area contributed by atoms with Crippen molar-refractivity contribution in [1.82, 2.24) is 10.8 Å². The highest BCUT2D eigenvalue weighted by Gasteiger charge is 2.46. The Morgan fingerprint density at radius 1 is 1.12 bits per heavy atom. The van der Waals surface area contributed by atoms with Crippen molar-refractivity contribution < 1.29 is 28.7 Å². The zero-order valence-electron chi connectivity index (χ0n) is 14.9. The summed E-state index contributed by atoms with van der Waals surface area (Å²) >= 11 is 0. The summed E-state index contributed by atoms with van der Waals surface area (Å²) in [5, 5.41) is 20.5. The van der Waals surface area contributed by atoms with Gasteiger partial charge < -0.3 is 10.4 Å². The molecule has 0 saturated carbocycles. The van der Waals surface area contributed by atoms with Crippen molar-refractivity contribution in [3.8, 4) is 11.8 Å². The van der Waals surface area contributed by atoms with Crippen molar-refractivity contribution in [1.29, 1.82) is 0 Å². The highest BCUT2D eigenvalue weighted by Crippen LogP contribution is 2.20. The lowest BCUT2D eigenvalue weighted by molar-refractivity contribution is -0.149. The Morgan fingerprint density at radius 2 is 1.65 bits per heavy atom. The van der Waals surface area contributed by atoms with Crippen LogP contribution in [-0.2, 0) is 4.79 Å². The zero-order valence-corrected chi connectivity index (χ0v) is 14.9. The van der Waals surface area contributed by atoms with Crippen LogP contribution in [0.5, 0.6) is 0 Å².